The molecule has 0 aliphatic carbocycles. The Morgan fingerprint density at radius 2 is 1.97 bits per heavy atom. The Bertz CT molecular complexity index is 1040. The van der Waals surface area contributed by atoms with Crippen LogP contribution in [0.3, 0.4) is 0 Å². The van der Waals surface area contributed by atoms with Gasteiger partial charge in [-0.2, -0.15) is 4.31 Å². The SMILES string of the molecule is CN(CC(=O)NCc1ccccc1Cl)S(=O)(=O)c1ccc2c(c1)CCCC(=O)N2. The highest BCUT2D eigenvalue weighted by atomic mass is 35.5. The van der Waals surface area contributed by atoms with E-state index in [0.29, 0.717) is 30.0 Å². The number of sulfonamides is 1. The van der Waals surface area contributed by atoms with Gasteiger partial charge in [-0.1, -0.05) is 29.8 Å². The van der Waals surface area contributed by atoms with Gasteiger partial charge in [-0.05, 0) is 48.2 Å². The Balaban J connectivity index is 1.67. The number of carbonyl (C=O) groups excluding carboxylic acids is 2. The monoisotopic (exact) mass is 435 g/mol. The van der Waals surface area contributed by atoms with Gasteiger partial charge in [0.05, 0.1) is 11.4 Å². The zero-order valence-corrected chi connectivity index (χ0v) is 17.5. The molecule has 0 spiro atoms. The summed E-state index contributed by atoms with van der Waals surface area (Å²) < 4.78 is 26.7. The van der Waals surface area contributed by atoms with Gasteiger partial charge in [-0.3, -0.25) is 9.59 Å². The van der Waals surface area contributed by atoms with Crippen LogP contribution >= 0.6 is 11.6 Å². The molecule has 0 fully saturated rings. The van der Waals surface area contributed by atoms with Crippen LogP contribution in [0, 0.1) is 0 Å². The maximum Gasteiger partial charge on any atom is 0.243 e. The van der Waals surface area contributed by atoms with Gasteiger partial charge in [-0.15, -0.1) is 0 Å². The molecular weight excluding hydrogens is 414 g/mol. The second-order valence-corrected chi connectivity index (χ2v) is 9.30. The molecule has 2 amide bonds. The van der Waals surface area contributed by atoms with Gasteiger partial charge in [0.25, 0.3) is 0 Å². The number of anilines is 1. The predicted molar refractivity (Wildman–Crippen MR) is 111 cm³/mol. The number of benzene rings is 2. The summed E-state index contributed by atoms with van der Waals surface area (Å²) in [4.78, 5) is 24.0. The van der Waals surface area contributed by atoms with E-state index in [9.17, 15) is 18.0 Å². The van der Waals surface area contributed by atoms with E-state index in [4.69, 9.17) is 11.6 Å². The third-order valence-electron chi connectivity index (χ3n) is 4.71. The van der Waals surface area contributed by atoms with Crippen molar-refractivity contribution in [2.24, 2.45) is 0 Å². The highest BCUT2D eigenvalue weighted by Gasteiger charge is 2.24. The molecule has 7 nitrogen and oxygen atoms in total. The fourth-order valence-corrected chi connectivity index (χ4v) is 4.45. The summed E-state index contributed by atoms with van der Waals surface area (Å²) >= 11 is 6.06. The Kier molecular flexibility index (Phi) is 6.56. The van der Waals surface area contributed by atoms with E-state index in [1.807, 2.05) is 6.07 Å². The molecule has 2 N–H and O–H groups in total. The van der Waals surface area contributed by atoms with Gasteiger partial charge in [0, 0.05) is 30.7 Å². The van der Waals surface area contributed by atoms with E-state index < -0.39 is 15.9 Å². The zero-order chi connectivity index (χ0) is 21.0. The van der Waals surface area contributed by atoms with Crippen LogP contribution in [-0.4, -0.2) is 38.1 Å². The van der Waals surface area contributed by atoms with Crippen molar-refractivity contribution in [3.8, 4) is 0 Å². The Labute approximate surface area is 175 Å². The molecule has 0 atom stereocenters. The number of hydrogen-bond acceptors (Lipinski definition) is 4. The quantitative estimate of drug-likeness (QED) is 0.728. The van der Waals surface area contributed by atoms with E-state index in [-0.39, 0.29) is 23.9 Å². The van der Waals surface area contributed by atoms with E-state index in [0.717, 1.165) is 15.4 Å². The average molecular weight is 436 g/mol. The molecule has 3 rings (SSSR count). The summed E-state index contributed by atoms with van der Waals surface area (Å²) in [6.07, 6.45) is 1.67. The zero-order valence-electron chi connectivity index (χ0n) is 15.9. The van der Waals surface area contributed by atoms with Gasteiger partial charge in [0.2, 0.25) is 21.8 Å². The number of amides is 2. The summed E-state index contributed by atoms with van der Waals surface area (Å²) in [7, 11) is -2.49. The number of likely N-dealkylation sites (N-methyl/N-ethyl adjacent to an activating group) is 1. The van der Waals surface area contributed by atoms with Crippen molar-refractivity contribution in [2.45, 2.75) is 30.7 Å². The van der Waals surface area contributed by atoms with Gasteiger partial charge in [-0.25, -0.2) is 8.42 Å². The van der Waals surface area contributed by atoms with Crippen LogP contribution in [0.2, 0.25) is 5.02 Å². The number of nitrogens with zero attached hydrogens (tertiary/aromatic N) is 1. The van der Waals surface area contributed by atoms with Gasteiger partial charge >= 0.3 is 0 Å². The van der Waals surface area contributed by atoms with Gasteiger partial charge < -0.3 is 10.6 Å². The highest BCUT2D eigenvalue weighted by molar-refractivity contribution is 7.89. The van der Waals surface area contributed by atoms with Gasteiger partial charge in [0.15, 0.2) is 0 Å². The molecule has 0 saturated heterocycles. The minimum atomic E-state index is -3.85. The molecule has 0 aromatic heterocycles. The van der Waals surface area contributed by atoms with Crippen molar-refractivity contribution >= 4 is 39.1 Å². The minimum Gasteiger partial charge on any atom is -0.351 e. The van der Waals surface area contributed by atoms with E-state index in [1.165, 1.54) is 13.1 Å². The Morgan fingerprint density at radius 1 is 1.21 bits per heavy atom. The third kappa shape index (κ3) is 5.14. The highest BCUT2D eigenvalue weighted by Crippen LogP contribution is 2.26. The summed E-state index contributed by atoms with van der Waals surface area (Å²) in [6, 6.07) is 11.7. The van der Waals surface area contributed by atoms with Crippen molar-refractivity contribution in [3.63, 3.8) is 0 Å². The number of carbonyl (C=O) groups is 2. The molecule has 0 saturated carbocycles. The van der Waals surface area contributed by atoms with E-state index >= 15 is 0 Å². The van der Waals surface area contributed by atoms with Crippen LogP contribution in [0.4, 0.5) is 5.69 Å². The van der Waals surface area contributed by atoms with Crippen LogP contribution in [0.25, 0.3) is 0 Å². The van der Waals surface area contributed by atoms with E-state index in [1.54, 1.807) is 30.3 Å². The molecule has 1 aliphatic rings. The normalized spacial score (nSPS) is 14.1. The van der Waals surface area contributed by atoms with Crippen LogP contribution in [0.5, 0.6) is 0 Å². The molecule has 0 radical (unpaired) electrons. The van der Waals surface area contributed by atoms with Crippen LogP contribution < -0.4 is 10.6 Å². The molecule has 0 bridgehead atoms. The molecule has 1 aliphatic heterocycles. The minimum absolute atomic E-state index is 0.0772. The standard InChI is InChI=1S/C20H22ClN3O4S/c1-24(13-20(26)22-12-15-5-2-3-7-17(15)21)29(27,28)16-9-10-18-14(11-16)6-4-8-19(25)23-18/h2-3,5,7,9-11H,4,6,8,12-13H2,1H3,(H,22,26)(H,23,25). The number of aryl methyl sites for hydroxylation is 1. The number of hydrogen-bond donors (Lipinski definition) is 2. The fraction of sp³-hybridized carbons (Fsp3) is 0.300. The summed E-state index contributed by atoms with van der Waals surface area (Å²) in [6.45, 7) is -0.106. The maximum absolute atomic E-state index is 12.9. The van der Waals surface area contributed by atoms with Crippen molar-refractivity contribution in [2.75, 3.05) is 18.9 Å². The fourth-order valence-electron chi connectivity index (χ4n) is 3.07. The number of nitrogens with one attached hydrogen (secondary N) is 2. The second-order valence-electron chi connectivity index (χ2n) is 6.85. The van der Waals surface area contributed by atoms with Crippen LogP contribution in [0.15, 0.2) is 47.4 Å². The largest absolute Gasteiger partial charge is 0.351 e. The first kappa shape index (κ1) is 21.3. The average Bonchev–Trinajstić information content (AvgIpc) is 2.87. The van der Waals surface area contributed by atoms with Crippen molar-refractivity contribution in [3.05, 3.63) is 58.6 Å². The van der Waals surface area contributed by atoms with Crippen molar-refractivity contribution in [1.82, 2.24) is 9.62 Å². The smallest absolute Gasteiger partial charge is 0.243 e. The summed E-state index contributed by atoms with van der Waals surface area (Å²) in [5.74, 6) is -0.510. The number of halogens is 1. The van der Waals surface area contributed by atoms with Gasteiger partial charge in [0.1, 0.15) is 0 Å². The molecule has 0 unspecified atom stereocenters. The van der Waals surface area contributed by atoms with Crippen molar-refractivity contribution < 1.29 is 18.0 Å². The molecule has 9 heteroatoms. The molecule has 2 aromatic rings. The lowest BCUT2D eigenvalue weighted by Gasteiger charge is -2.18. The molecule has 29 heavy (non-hydrogen) atoms. The van der Waals surface area contributed by atoms with Crippen LogP contribution in [-0.2, 0) is 32.6 Å². The first-order chi connectivity index (χ1) is 13.8. The first-order valence-electron chi connectivity index (χ1n) is 9.16. The molecule has 1 heterocycles. The lowest BCUT2D eigenvalue weighted by atomic mass is 10.1. The number of rotatable bonds is 6. The summed E-state index contributed by atoms with van der Waals surface area (Å²) in [5, 5.41) is 5.99. The summed E-state index contributed by atoms with van der Waals surface area (Å²) in [5.41, 5.74) is 2.15. The lowest BCUT2D eigenvalue weighted by molar-refractivity contribution is -0.121. The Morgan fingerprint density at radius 3 is 2.72 bits per heavy atom. The number of fused-ring (bicyclic) bond motifs is 1. The maximum atomic E-state index is 12.9. The van der Waals surface area contributed by atoms with E-state index in [2.05, 4.69) is 10.6 Å². The molecular formula is C20H22ClN3O4S. The lowest BCUT2D eigenvalue weighted by Crippen LogP contribution is -2.38. The topological polar surface area (TPSA) is 95.6 Å². The molecule has 2 aromatic carbocycles. The Hall–Kier alpha value is -2.42. The first-order valence-corrected chi connectivity index (χ1v) is 11.0. The van der Waals surface area contributed by atoms with Crippen molar-refractivity contribution in [1.29, 1.82) is 0 Å². The second kappa shape index (κ2) is 8.94. The molecule has 154 valence electrons. The third-order valence-corrected chi connectivity index (χ3v) is 6.88. The van der Waals surface area contributed by atoms with Crippen LogP contribution in [0.1, 0.15) is 24.0 Å². The predicted octanol–water partition coefficient (Wildman–Crippen LogP) is 2.55.